The van der Waals surface area contributed by atoms with Gasteiger partial charge in [-0.05, 0) is 18.9 Å². The molecule has 1 saturated heterocycles. The van der Waals surface area contributed by atoms with Gasteiger partial charge in [0, 0.05) is 19.3 Å². The van der Waals surface area contributed by atoms with Gasteiger partial charge >= 0.3 is 0 Å². The smallest absolute Gasteiger partial charge is 0.211 e. The fourth-order valence-corrected chi connectivity index (χ4v) is 2.74. The Labute approximate surface area is 89.7 Å². The predicted octanol–water partition coefficient (Wildman–Crippen LogP) is 0.398. The van der Waals surface area contributed by atoms with Crippen LogP contribution in [0.3, 0.4) is 0 Å². The van der Waals surface area contributed by atoms with Gasteiger partial charge in [0.2, 0.25) is 10.0 Å². The minimum absolute atomic E-state index is 0.188. The van der Waals surface area contributed by atoms with Crippen LogP contribution in [0.5, 0.6) is 0 Å². The van der Waals surface area contributed by atoms with E-state index in [0.29, 0.717) is 13.1 Å². The summed E-state index contributed by atoms with van der Waals surface area (Å²) < 4.78 is 26.0. The van der Waals surface area contributed by atoms with E-state index in [2.05, 4.69) is 5.10 Å². The van der Waals surface area contributed by atoms with Gasteiger partial charge in [-0.15, -0.1) is 0 Å². The quantitative estimate of drug-likeness (QED) is 0.737. The van der Waals surface area contributed by atoms with Crippen molar-refractivity contribution in [3.63, 3.8) is 0 Å². The lowest BCUT2D eigenvalue weighted by molar-refractivity contribution is 0.437. The van der Waals surface area contributed by atoms with Crippen LogP contribution in [-0.2, 0) is 10.0 Å². The average Bonchev–Trinajstić information content (AvgIpc) is 2.69. The Balaban J connectivity index is 2.11. The Bertz CT molecular complexity index is 452. The summed E-state index contributed by atoms with van der Waals surface area (Å²) in [6.45, 7) is 3.12. The molecule has 0 bridgehead atoms. The first-order chi connectivity index (χ1) is 6.97. The Morgan fingerprint density at radius 2 is 2.27 bits per heavy atom. The number of nitrogens with zero attached hydrogens (tertiary/aromatic N) is 3. The largest absolute Gasteiger partial charge is 0.268 e. The van der Waals surface area contributed by atoms with E-state index in [-0.39, 0.29) is 6.04 Å². The molecule has 0 radical (unpaired) electrons. The zero-order chi connectivity index (χ0) is 11.1. The van der Waals surface area contributed by atoms with E-state index in [1.54, 1.807) is 6.20 Å². The summed E-state index contributed by atoms with van der Waals surface area (Å²) in [6.07, 6.45) is 5.84. The fraction of sp³-hybridized carbons (Fsp3) is 0.667. The molecule has 6 heteroatoms. The molecule has 0 amide bonds. The number of aryl methyl sites for hydroxylation is 1. The number of sulfonamides is 1. The van der Waals surface area contributed by atoms with Crippen molar-refractivity contribution in [2.24, 2.45) is 0 Å². The molecule has 0 spiro atoms. The summed E-state index contributed by atoms with van der Waals surface area (Å²) in [5.41, 5.74) is 1.10. The molecule has 1 aliphatic heterocycles. The topological polar surface area (TPSA) is 55.2 Å². The Kier molecular flexibility index (Phi) is 2.56. The maximum atomic E-state index is 11.3. The van der Waals surface area contributed by atoms with E-state index in [0.717, 1.165) is 12.0 Å². The molecule has 1 aromatic rings. The summed E-state index contributed by atoms with van der Waals surface area (Å²) in [5.74, 6) is 0. The molecule has 5 nitrogen and oxygen atoms in total. The Morgan fingerprint density at radius 1 is 1.53 bits per heavy atom. The molecule has 1 fully saturated rings. The molecule has 0 aromatic carbocycles. The predicted molar refractivity (Wildman–Crippen MR) is 57.0 cm³/mol. The van der Waals surface area contributed by atoms with Crippen LogP contribution in [0, 0.1) is 6.92 Å². The molecular weight excluding hydrogens is 214 g/mol. The van der Waals surface area contributed by atoms with Crippen molar-refractivity contribution >= 4 is 10.0 Å². The minimum atomic E-state index is -3.04. The summed E-state index contributed by atoms with van der Waals surface area (Å²) in [5, 5.41) is 4.21. The third kappa shape index (κ3) is 2.21. The van der Waals surface area contributed by atoms with Crippen LogP contribution in [0.25, 0.3) is 0 Å². The lowest BCUT2D eigenvalue weighted by atomic mass is 10.3. The lowest BCUT2D eigenvalue weighted by Gasteiger charge is -2.13. The standard InChI is InChI=1S/C9H15N3O2S/c1-8-5-10-12(6-8)9-3-4-11(7-9)15(2,13)14/h5-6,9H,3-4,7H2,1-2H3. The molecule has 0 N–H and O–H groups in total. The van der Waals surface area contributed by atoms with Gasteiger partial charge in [-0.3, -0.25) is 4.68 Å². The van der Waals surface area contributed by atoms with E-state index in [9.17, 15) is 8.42 Å². The van der Waals surface area contributed by atoms with Crippen molar-refractivity contribution in [3.8, 4) is 0 Å². The van der Waals surface area contributed by atoms with Gasteiger partial charge in [-0.1, -0.05) is 0 Å². The molecule has 15 heavy (non-hydrogen) atoms. The maximum Gasteiger partial charge on any atom is 0.211 e. The molecule has 0 saturated carbocycles. The van der Waals surface area contributed by atoms with E-state index in [1.165, 1.54) is 10.6 Å². The van der Waals surface area contributed by atoms with Crippen molar-refractivity contribution in [1.29, 1.82) is 0 Å². The van der Waals surface area contributed by atoms with Crippen molar-refractivity contribution < 1.29 is 8.42 Å². The fourth-order valence-electron chi connectivity index (χ4n) is 1.86. The summed E-state index contributed by atoms with van der Waals surface area (Å²) in [4.78, 5) is 0. The molecule has 0 aliphatic carbocycles. The molecule has 1 atom stereocenters. The highest BCUT2D eigenvalue weighted by Gasteiger charge is 2.29. The highest BCUT2D eigenvalue weighted by atomic mass is 32.2. The third-order valence-corrected chi connectivity index (χ3v) is 3.97. The van der Waals surface area contributed by atoms with Crippen LogP contribution >= 0.6 is 0 Å². The second kappa shape index (κ2) is 3.61. The van der Waals surface area contributed by atoms with E-state index >= 15 is 0 Å². The molecule has 2 rings (SSSR count). The van der Waals surface area contributed by atoms with E-state index < -0.39 is 10.0 Å². The summed E-state index contributed by atoms with van der Waals surface area (Å²) in [6, 6.07) is 0.188. The first-order valence-electron chi connectivity index (χ1n) is 4.93. The Hall–Kier alpha value is -0.880. The van der Waals surface area contributed by atoms with E-state index in [1.807, 2.05) is 17.8 Å². The van der Waals surface area contributed by atoms with Gasteiger partial charge in [0.05, 0.1) is 18.5 Å². The third-order valence-electron chi connectivity index (χ3n) is 2.70. The van der Waals surface area contributed by atoms with Gasteiger partial charge in [-0.25, -0.2) is 8.42 Å². The number of hydrogen-bond acceptors (Lipinski definition) is 3. The number of aromatic nitrogens is 2. The zero-order valence-corrected chi connectivity index (χ0v) is 9.74. The van der Waals surface area contributed by atoms with Crippen molar-refractivity contribution in [1.82, 2.24) is 14.1 Å². The highest BCUT2D eigenvalue weighted by Crippen LogP contribution is 2.22. The minimum Gasteiger partial charge on any atom is -0.268 e. The average molecular weight is 229 g/mol. The second-order valence-corrected chi connectivity index (χ2v) is 6.04. The molecule has 1 aliphatic rings. The SMILES string of the molecule is Cc1cnn(C2CCN(S(C)(=O)=O)C2)c1. The van der Waals surface area contributed by atoms with Gasteiger partial charge in [0.1, 0.15) is 0 Å². The second-order valence-electron chi connectivity index (χ2n) is 4.06. The van der Waals surface area contributed by atoms with Gasteiger partial charge in [0.15, 0.2) is 0 Å². The van der Waals surface area contributed by atoms with Crippen LogP contribution in [-0.4, -0.2) is 41.8 Å². The number of hydrogen-bond donors (Lipinski definition) is 0. The molecule has 2 heterocycles. The zero-order valence-electron chi connectivity index (χ0n) is 8.92. The van der Waals surface area contributed by atoms with Crippen LogP contribution in [0.4, 0.5) is 0 Å². The first-order valence-corrected chi connectivity index (χ1v) is 6.77. The molecule has 1 unspecified atom stereocenters. The van der Waals surface area contributed by atoms with Crippen LogP contribution in [0.15, 0.2) is 12.4 Å². The lowest BCUT2D eigenvalue weighted by Crippen LogP contribution is -2.28. The Morgan fingerprint density at radius 3 is 2.73 bits per heavy atom. The maximum absolute atomic E-state index is 11.3. The van der Waals surface area contributed by atoms with Gasteiger partial charge < -0.3 is 0 Å². The van der Waals surface area contributed by atoms with Crippen LogP contribution in [0.1, 0.15) is 18.0 Å². The molecular formula is C9H15N3O2S. The van der Waals surface area contributed by atoms with E-state index in [4.69, 9.17) is 0 Å². The van der Waals surface area contributed by atoms with Crippen LogP contribution in [0.2, 0.25) is 0 Å². The molecule has 1 aromatic heterocycles. The van der Waals surface area contributed by atoms with Crippen molar-refractivity contribution in [3.05, 3.63) is 18.0 Å². The van der Waals surface area contributed by atoms with Crippen molar-refractivity contribution in [2.45, 2.75) is 19.4 Å². The molecule has 84 valence electrons. The summed E-state index contributed by atoms with van der Waals surface area (Å²) in [7, 11) is -3.04. The van der Waals surface area contributed by atoms with Gasteiger partial charge in [-0.2, -0.15) is 9.40 Å². The summed E-state index contributed by atoms with van der Waals surface area (Å²) >= 11 is 0. The first kappa shape index (κ1) is 10.6. The monoisotopic (exact) mass is 229 g/mol. The van der Waals surface area contributed by atoms with Crippen molar-refractivity contribution in [2.75, 3.05) is 19.3 Å². The highest BCUT2D eigenvalue weighted by molar-refractivity contribution is 7.88. The number of rotatable bonds is 2. The van der Waals surface area contributed by atoms with Crippen LogP contribution < -0.4 is 0 Å². The normalized spacial score (nSPS) is 23.5. The van der Waals surface area contributed by atoms with Gasteiger partial charge in [0.25, 0.3) is 0 Å².